The molecule has 1 atom stereocenters. The molecule has 1 aromatic carbocycles. The highest BCUT2D eigenvalue weighted by Gasteiger charge is 2.31. The highest BCUT2D eigenvalue weighted by atomic mass is 32.1. The molecule has 116 valence electrons. The number of amides is 1. The van der Waals surface area contributed by atoms with Crippen LogP contribution in [-0.4, -0.2) is 30.6 Å². The van der Waals surface area contributed by atoms with Crippen LogP contribution in [0.25, 0.3) is 10.6 Å². The molecular weight excluding hydrogens is 298 g/mol. The van der Waals surface area contributed by atoms with Gasteiger partial charge in [-0.15, -0.1) is 11.3 Å². The average molecular weight is 317 g/mol. The number of rotatable bonds is 6. The van der Waals surface area contributed by atoms with E-state index in [2.05, 4.69) is 10.3 Å². The van der Waals surface area contributed by atoms with Gasteiger partial charge in [-0.05, 0) is 43.0 Å². The van der Waals surface area contributed by atoms with Crippen molar-refractivity contribution in [3.8, 4) is 16.3 Å². The van der Waals surface area contributed by atoms with Gasteiger partial charge < -0.3 is 15.8 Å². The maximum atomic E-state index is 12.2. The van der Waals surface area contributed by atoms with Crippen molar-refractivity contribution < 1.29 is 9.53 Å². The molecule has 1 aliphatic carbocycles. The van der Waals surface area contributed by atoms with E-state index >= 15 is 0 Å². The van der Waals surface area contributed by atoms with Gasteiger partial charge in [-0.25, -0.2) is 4.98 Å². The third-order valence-electron chi connectivity index (χ3n) is 3.84. The number of benzene rings is 1. The lowest BCUT2D eigenvalue weighted by molar-refractivity contribution is 0.0929. The average Bonchev–Trinajstić information content (AvgIpc) is 3.28. The van der Waals surface area contributed by atoms with Crippen molar-refractivity contribution in [3.63, 3.8) is 0 Å². The molecule has 3 rings (SSSR count). The van der Waals surface area contributed by atoms with E-state index in [1.54, 1.807) is 12.5 Å². The summed E-state index contributed by atoms with van der Waals surface area (Å²) in [6.45, 7) is 0.478. The number of nitrogens with two attached hydrogens (primary N) is 1. The molecule has 0 saturated heterocycles. The molecule has 1 amide bonds. The summed E-state index contributed by atoms with van der Waals surface area (Å²) in [7, 11) is 1.63. The molecule has 1 aliphatic rings. The van der Waals surface area contributed by atoms with Crippen LogP contribution >= 0.6 is 11.3 Å². The molecule has 5 nitrogen and oxygen atoms in total. The lowest BCUT2D eigenvalue weighted by atomic mass is 10.2. The molecular formula is C16H19N3O2S. The van der Waals surface area contributed by atoms with E-state index in [1.165, 1.54) is 11.3 Å². The van der Waals surface area contributed by atoms with E-state index in [4.69, 9.17) is 10.5 Å². The summed E-state index contributed by atoms with van der Waals surface area (Å²) in [5.41, 5.74) is 7.15. The Morgan fingerprint density at radius 3 is 2.77 bits per heavy atom. The summed E-state index contributed by atoms with van der Waals surface area (Å²) >= 11 is 1.46. The van der Waals surface area contributed by atoms with E-state index in [9.17, 15) is 4.79 Å². The molecule has 0 radical (unpaired) electrons. The summed E-state index contributed by atoms with van der Waals surface area (Å²) in [6, 6.07) is 7.71. The number of aromatic nitrogens is 1. The molecule has 1 saturated carbocycles. The predicted octanol–water partition coefficient (Wildman–Crippen LogP) is 2.29. The van der Waals surface area contributed by atoms with Gasteiger partial charge in [0.25, 0.3) is 5.91 Å². The molecule has 22 heavy (non-hydrogen) atoms. The fraction of sp³-hybridized carbons (Fsp3) is 0.375. The van der Waals surface area contributed by atoms with Crippen molar-refractivity contribution in [1.29, 1.82) is 0 Å². The van der Waals surface area contributed by atoms with Gasteiger partial charge in [0.1, 0.15) is 16.5 Å². The van der Waals surface area contributed by atoms with E-state index < -0.39 is 0 Å². The number of carbonyl (C=O) groups is 1. The first-order chi connectivity index (χ1) is 10.7. The second-order valence-electron chi connectivity index (χ2n) is 5.42. The zero-order valence-electron chi connectivity index (χ0n) is 12.4. The number of methoxy groups -OCH3 is 1. The number of thiazole rings is 1. The Balaban J connectivity index is 1.70. The van der Waals surface area contributed by atoms with Crippen LogP contribution < -0.4 is 15.8 Å². The van der Waals surface area contributed by atoms with E-state index in [1.807, 2.05) is 24.3 Å². The fourth-order valence-corrected chi connectivity index (χ4v) is 3.16. The summed E-state index contributed by atoms with van der Waals surface area (Å²) in [5.74, 6) is 1.19. The van der Waals surface area contributed by atoms with Crippen LogP contribution in [0.5, 0.6) is 5.75 Å². The Bertz CT molecular complexity index is 650. The first-order valence-electron chi connectivity index (χ1n) is 7.32. The molecule has 1 heterocycles. The van der Waals surface area contributed by atoms with Gasteiger partial charge in [0.2, 0.25) is 0 Å². The Morgan fingerprint density at radius 1 is 1.45 bits per heavy atom. The summed E-state index contributed by atoms with van der Waals surface area (Å²) in [4.78, 5) is 16.7. The SMILES string of the molecule is COc1ccc(-c2nc(C(=O)NC(CN)C3CC3)cs2)cc1. The van der Waals surface area contributed by atoms with Crippen molar-refractivity contribution in [2.45, 2.75) is 18.9 Å². The van der Waals surface area contributed by atoms with Gasteiger partial charge in [0.15, 0.2) is 0 Å². The third-order valence-corrected chi connectivity index (χ3v) is 4.73. The normalized spacial score (nSPS) is 15.4. The van der Waals surface area contributed by atoms with Crippen LogP contribution in [0.4, 0.5) is 0 Å². The summed E-state index contributed by atoms with van der Waals surface area (Å²) in [6.07, 6.45) is 2.30. The van der Waals surface area contributed by atoms with Crippen LogP contribution in [-0.2, 0) is 0 Å². The Kier molecular flexibility index (Phi) is 4.40. The number of hydrogen-bond acceptors (Lipinski definition) is 5. The minimum absolute atomic E-state index is 0.0682. The van der Waals surface area contributed by atoms with Crippen LogP contribution in [0.3, 0.4) is 0 Å². The zero-order chi connectivity index (χ0) is 15.5. The maximum Gasteiger partial charge on any atom is 0.271 e. The van der Waals surface area contributed by atoms with Crippen molar-refractivity contribution in [2.24, 2.45) is 11.7 Å². The predicted molar refractivity (Wildman–Crippen MR) is 87.1 cm³/mol. The van der Waals surface area contributed by atoms with Gasteiger partial charge in [-0.1, -0.05) is 0 Å². The Labute approximate surface area is 133 Å². The van der Waals surface area contributed by atoms with Crippen molar-refractivity contribution in [3.05, 3.63) is 35.3 Å². The lowest BCUT2D eigenvalue weighted by Gasteiger charge is -2.14. The number of nitrogens with one attached hydrogen (secondary N) is 1. The standard InChI is InChI=1S/C16H19N3O2S/c1-21-12-6-4-11(5-7-12)16-19-14(9-22-16)15(20)18-13(8-17)10-2-3-10/h4-7,9-10,13H,2-3,8,17H2,1H3,(H,18,20). The minimum Gasteiger partial charge on any atom is -0.497 e. The van der Waals surface area contributed by atoms with Gasteiger partial charge in [0.05, 0.1) is 7.11 Å². The molecule has 1 aromatic heterocycles. The molecule has 0 spiro atoms. The lowest BCUT2D eigenvalue weighted by Crippen LogP contribution is -2.41. The summed E-state index contributed by atoms with van der Waals surface area (Å²) in [5, 5.41) is 5.60. The van der Waals surface area contributed by atoms with Crippen molar-refractivity contribution >= 4 is 17.2 Å². The topological polar surface area (TPSA) is 77.2 Å². The van der Waals surface area contributed by atoms with Crippen LogP contribution in [0.1, 0.15) is 23.3 Å². The monoisotopic (exact) mass is 317 g/mol. The second-order valence-corrected chi connectivity index (χ2v) is 6.28. The van der Waals surface area contributed by atoms with Crippen molar-refractivity contribution in [2.75, 3.05) is 13.7 Å². The minimum atomic E-state index is -0.140. The smallest absolute Gasteiger partial charge is 0.271 e. The number of ether oxygens (including phenoxy) is 1. The third kappa shape index (κ3) is 3.28. The quantitative estimate of drug-likeness (QED) is 0.857. The highest BCUT2D eigenvalue weighted by molar-refractivity contribution is 7.13. The van der Waals surface area contributed by atoms with Gasteiger partial charge in [-0.3, -0.25) is 4.79 Å². The molecule has 2 aromatic rings. The molecule has 0 bridgehead atoms. The first kappa shape index (κ1) is 15.0. The number of carbonyl (C=O) groups excluding carboxylic acids is 1. The molecule has 0 aliphatic heterocycles. The first-order valence-corrected chi connectivity index (χ1v) is 8.20. The van der Waals surface area contributed by atoms with Crippen molar-refractivity contribution in [1.82, 2.24) is 10.3 Å². The molecule has 3 N–H and O–H groups in total. The molecule has 6 heteroatoms. The van der Waals surface area contributed by atoms with Crippen LogP contribution in [0, 0.1) is 5.92 Å². The van der Waals surface area contributed by atoms with E-state index in [0.717, 1.165) is 29.2 Å². The number of nitrogens with zero attached hydrogens (tertiary/aromatic N) is 1. The van der Waals surface area contributed by atoms with Gasteiger partial charge in [-0.2, -0.15) is 0 Å². The van der Waals surface area contributed by atoms with Crippen LogP contribution in [0.15, 0.2) is 29.6 Å². The maximum absolute atomic E-state index is 12.2. The van der Waals surface area contributed by atoms with Gasteiger partial charge >= 0.3 is 0 Å². The zero-order valence-corrected chi connectivity index (χ0v) is 13.2. The highest BCUT2D eigenvalue weighted by Crippen LogP contribution is 2.32. The molecule has 1 fully saturated rings. The largest absolute Gasteiger partial charge is 0.497 e. The van der Waals surface area contributed by atoms with Gasteiger partial charge in [0, 0.05) is 23.5 Å². The molecule has 1 unspecified atom stereocenters. The van der Waals surface area contributed by atoms with E-state index in [-0.39, 0.29) is 11.9 Å². The summed E-state index contributed by atoms with van der Waals surface area (Å²) < 4.78 is 5.14. The fourth-order valence-electron chi connectivity index (χ4n) is 2.35. The number of hydrogen-bond donors (Lipinski definition) is 2. The van der Waals surface area contributed by atoms with E-state index in [0.29, 0.717) is 18.2 Å². The Hall–Kier alpha value is -1.92. The second kappa shape index (κ2) is 6.46. The Morgan fingerprint density at radius 2 is 2.18 bits per heavy atom. The van der Waals surface area contributed by atoms with Crippen LogP contribution in [0.2, 0.25) is 0 Å².